The predicted molar refractivity (Wildman–Crippen MR) is 68.3 cm³/mol. The van der Waals surface area contributed by atoms with Gasteiger partial charge in [-0.25, -0.2) is 0 Å². The molecule has 1 rings (SSSR count). The number of ether oxygens (including phenoxy) is 1. The van der Waals surface area contributed by atoms with Gasteiger partial charge in [0.1, 0.15) is 0 Å². The van der Waals surface area contributed by atoms with Crippen molar-refractivity contribution in [3.63, 3.8) is 0 Å². The van der Waals surface area contributed by atoms with Crippen molar-refractivity contribution in [3.05, 3.63) is 26.7 Å². The fraction of sp³-hybridized carbons (Fsp3) is 0.300. The number of likely N-dealkylation sites (N-methyl/N-ethyl adjacent to an activating group) is 1. The Morgan fingerprint density at radius 3 is 2.75 bits per heavy atom. The minimum Gasteiger partial charge on any atom is -0.481 e. The molecule has 6 heteroatoms. The molecular formula is C10H10BrCl2NO2. The number of hydrogen-bond donors (Lipinski definition) is 1. The number of amides is 1. The minimum absolute atomic E-state index is 0.0756. The van der Waals surface area contributed by atoms with E-state index >= 15 is 0 Å². The lowest BCUT2D eigenvalue weighted by molar-refractivity contribution is -0.122. The average Bonchev–Trinajstić information content (AvgIpc) is 2.16. The van der Waals surface area contributed by atoms with Crippen LogP contribution in [0.15, 0.2) is 16.6 Å². The van der Waals surface area contributed by atoms with Crippen molar-refractivity contribution in [2.24, 2.45) is 0 Å². The summed E-state index contributed by atoms with van der Waals surface area (Å²) in [5, 5.41) is 3.48. The molecule has 0 aliphatic rings. The van der Waals surface area contributed by atoms with E-state index in [4.69, 9.17) is 27.9 Å². The summed E-state index contributed by atoms with van der Waals surface area (Å²) in [7, 11) is 0. The second-order valence-corrected chi connectivity index (χ2v) is 4.64. The van der Waals surface area contributed by atoms with E-state index in [1.54, 1.807) is 12.1 Å². The van der Waals surface area contributed by atoms with Crippen molar-refractivity contribution >= 4 is 45.0 Å². The van der Waals surface area contributed by atoms with Gasteiger partial charge in [-0.3, -0.25) is 4.79 Å². The number of carbonyl (C=O) groups is 1. The van der Waals surface area contributed by atoms with Gasteiger partial charge in [0, 0.05) is 11.6 Å². The average molecular weight is 327 g/mol. The third kappa shape index (κ3) is 3.85. The maximum Gasteiger partial charge on any atom is 0.257 e. The highest BCUT2D eigenvalue weighted by Gasteiger charge is 2.10. The second-order valence-electron chi connectivity index (χ2n) is 2.94. The Balaban J connectivity index is 2.70. The number of nitrogens with one attached hydrogen (secondary N) is 1. The van der Waals surface area contributed by atoms with Crippen LogP contribution in [0.4, 0.5) is 0 Å². The minimum atomic E-state index is -0.194. The van der Waals surface area contributed by atoms with E-state index in [1.165, 1.54) is 0 Å². The summed E-state index contributed by atoms with van der Waals surface area (Å²) < 4.78 is 5.91. The summed E-state index contributed by atoms with van der Waals surface area (Å²) in [4.78, 5) is 11.2. The molecule has 0 radical (unpaired) electrons. The van der Waals surface area contributed by atoms with Crippen LogP contribution in [0.2, 0.25) is 10.0 Å². The first kappa shape index (κ1) is 13.6. The molecule has 1 N–H and O–H groups in total. The van der Waals surface area contributed by atoms with E-state index in [9.17, 15) is 4.79 Å². The molecule has 0 unspecified atom stereocenters. The van der Waals surface area contributed by atoms with Gasteiger partial charge in [-0.05, 0) is 35.0 Å². The molecule has 0 aromatic heterocycles. The molecule has 0 heterocycles. The van der Waals surface area contributed by atoms with E-state index in [0.717, 1.165) is 0 Å². The Hall–Kier alpha value is -0.450. The van der Waals surface area contributed by atoms with E-state index in [-0.39, 0.29) is 12.5 Å². The lowest BCUT2D eigenvalue weighted by Crippen LogP contribution is -2.28. The number of halogens is 3. The van der Waals surface area contributed by atoms with Crippen LogP contribution in [0, 0.1) is 0 Å². The van der Waals surface area contributed by atoms with Crippen LogP contribution in [0.5, 0.6) is 5.75 Å². The Morgan fingerprint density at radius 1 is 1.50 bits per heavy atom. The molecule has 0 fully saturated rings. The summed E-state index contributed by atoms with van der Waals surface area (Å²) in [5.74, 6) is 0.220. The fourth-order valence-corrected chi connectivity index (χ4v) is 2.42. The van der Waals surface area contributed by atoms with Crippen molar-refractivity contribution in [3.8, 4) is 5.75 Å². The van der Waals surface area contributed by atoms with Gasteiger partial charge in [0.05, 0.1) is 9.50 Å². The highest BCUT2D eigenvalue weighted by atomic mass is 79.9. The topological polar surface area (TPSA) is 38.3 Å². The van der Waals surface area contributed by atoms with Crippen LogP contribution < -0.4 is 10.1 Å². The molecule has 0 spiro atoms. The van der Waals surface area contributed by atoms with Gasteiger partial charge in [0.2, 0.25) is 0 Å². The smallest absolute Gasteiger partial charge is 0.257 e. The van der Waals surface area contributed by atoms with Gasteiger partial charge >= 0.3 is 0 Å². The maximum atomic E-state index is 11.2. The number of hydrogen-bond acceptors (Lipinski definition) is 2. The second kappa shape index (κ2) is 6.33. The standard InChI is InChI=1S/C10H10BrCl2NO2/c1-2-14-9(15)5-16-10-7(11)3-6(12)4-8(10)13/h3-4H,2,5H2,1H3,(H,14,15). The number of benzene rings is 1. The highest BCUT2D eigenvalue weighted by Crippen LogP contribution is 2.35. The van der Waals surface area contributed by atoms with E-state index in [0.29, 0.717) is 26.8 Å². The zero-order valence-corrected chi connectivity index (χ0v) is 11.6. The zero-order chi connectivity index (χ0) is 12.1. The monoisotopic (exact) mass is 325 g/mol. The van der Waals surface area contributed by atoms with Gasteiger partial charge in [0.25, 0.3) is 5.91 Å². The molecule has 88 valence electrons. The predicted octanol–water partition coefficient (Wildman–Crippen LogP) is 3.27. The first-order valence-corrected chi connectivity index (χ1v) is 6.13. The molecule has 0 bridgehead atoms. The Morgan fingerprint density at radius 2 is 2.19 bits per heavy atom. The molecule has 0 aliphatic carbocycles. The van der Waals surface area contributed by atoms with Crippen LogP contribution in [-0.4, -0.2) is 19.1 Å². The zero-order valence-electron chi connectivity index (χ0n) is 8.52. The summed E-state index contributed by atoms with van der Waals surface area (Å²) in [5.41, 5.74) is 0. The Bertz CT molecular complexity index is 375. The molecule has 16 heavy (non-hydrogen) atoms. The molecule has 1 aromatic rings. The third-order valence-electron chi connectivity index (χ3n) is 1.68. The molecule has 0 saturated heterocycles. The van der Waals surface area contributed by atoms with E-state index in [2.05, 4.69) is 21.2 Å². The lowest BCUT2D eigenvalue weighted by Gasteiger charge is -2.10. The first-order valence-electron chi connectivity index (χ1n) is 4.58. The molecule has 1 amide bonds. The molecule has 0 saturated carbocycles. The summed E-state index contributed by atoms with van der Waals surface area (Å²) in [6, 6.07) is 3.21. The fourth-order valence-electron chi connectivity index (χ4n) is 1.05. The van der Waals surface area contributed by atoms with Crippen LogP contribution in [0.3, 0.4) is 0 Å². The van der Waals surface area contributed by atoms with E-state index < -0.39 is 0 Å². The SMILES string of the molecule is CCNC(=O)COc1c(Cl)cc(Cl)cc1Br. The molecule has 0 aliphatic heterocycles. The Labute approximate surface area is 112 Å². The number of carbonyl (C=O) groups excluding carboxylic acids is 1. The quantitative estimate of drug-likeness (QED) is 0.922. The first-order chi connectivity index (χ1) is 7.54. The highest BCUT2D eigenvalue weighted by molar-refractivity contribution is 9.10. The van der Waals surface area contributed by atoms with Crippen LogP contribution in [0.25, 0.3) is 0 Å². The lowest BCUT2D eigenvalue weighted by atomic mass is 10.3. The summed E-state index contributed by atoms with van der Waals surface area (Å²) in [6.07, 6.45) is 0. The normalized spacial score (nSPS) is 10.0. The third-order valence-corrected chi connectivity index (χ3v) is 2.77. The van der Waals surface area contributed by atoms with Crippen molar-refractivity contribution < 1.29 is 9.53 Å². The largest absolute Gasteiger partial charge is 0.481 e. The number of rotatable bonds is 4. The summed E-state index contributed by atoms with van der Waals surface area (Å²) in [6.45, 7) is 2.33. The van der Waals surface area contributed by atoms with Gasteiger partial charge in [0.15, 0.2) is 12.4 Å². The summed E-state index contributed by atoms with van der Waals surface area (Å²) >= 11 is 15.0. The maximum absolute atomic E-state index is 11.2. The van der Waals surface area contributed by atoms with Crippen LogP contribution in [-0.2, 0) is 4.79 Å². The van der Waals surface area contributed by atoms with E-state index in [1.807, 2.05) is 6.92 Å². The van der Waals surface area contributed by atoms with Crippen LogP contribution >= 0.6 is 39.1 Å². The Kier molecular flexibility index (Phi) is 5.38. The van der Waals surface area contributed by atoms with Gasteiger partial charge in [-0.15, -0.1) is 0 Å². The van der Waals surface area contributed by atoms with Crippen LogP contribution in [0.1, 0.15) is 6.92 Å². The molecule has 1 aromatic carbocycles. The van der Waals surface area contributed by atoms with Crippen molar-refractivity contribution in [2.75, 3.05) is 13.2 Å². The van der Waals surface area contributed by atoms with Gasteiger partial charge < -0.3 is 10.1 Å². The molecular weight excluding hydrogens is 317 g/mol. The van der Waals surface area contributed by atoms with Gasteiger partial charge in [-0.1, -0.05) is 23.2 Å². The molecule has 3 nitrogen and oxygen atoms in total. The molecule has 0 atom stereocenters. The van der Waals surface area contributed by atoms with Crippen molar-refractivity contribution in [2.45, 2.75) is 6.92 Å². The van der Waals surface area contributed by atoms with Crippen molar-refractivity contribution in [1.29, 1.82) is 0 Å². The van der Waals surface area contributed by atoms with Crippen molar-refractivity contribution in [1.82, 2.24) is 5.32 Å². The van der Waals surface area contributed by atoms with Gasteiger partial charge in [-0.2, -0.15) is 0 Å².